The van der Waals surface area contributed by atoms with Gasteiger partial charge in [0.05, 0.1) is 16.5 Å². The molecule has 11 heteroatoms. The fraction of sp³-hybridized carbons (Fsp3) is 0.108. The SMILES string of the molecule is C=C/C(C)=C/C=C(\C)C1(c2cc(C)ccc2C)c2ccccc2-c2ccc(N(c3ccc(-c4ccc(N(c5ccc6c(c5)C(c5ccc(C=C)cc5)(c5cc(C)ccc5C)c5ccccc5-6)c5c(F)c(F)c(F)c(F)c5F)cc4)cc3)c3c(C)c(F)c(F)c(F)c3F)cc21. The molecule has 0 aromatic heterocycles. The van der Waals surface area contributed by atoms with Crippen molar-refractivity contribution in [1.29, 1.82) is 0 Å². The Morgan fingerprint density at radius 2 is 0.809 bits per heavy atom. The van der Waals surface area contributed by atoms with Crippen LogP contribution < -0.4 is 9.80 Å². The zero-order chi connectivity index (χ0) is 66.4. The summed E-state index contributed by atoms with van der Waals surface area (Å²) in [6.45, 7) is 21.2. The molecule has 0 fully saturated rings. The van der Waals surface area contributed by atoms with Gasteiger partial charge in [-0.1, -0.05) is 205 Å². The third kappa shape index (κ3) is 9.56. The first kappa shape index (κ1) is 62.2. The van der Waals surface area contributed by atoms with Crippen LogP contribution in [0.4, 0.5) is 73.6 Å². The minimum absolute atomic E-state index is 0.0248. The molecule has 94 heavy (non-hydrogen) atoms. The van der Waals surface area contributed by atoms with Crippen LogP contribution in [0.2, 0.25) is 0 Å². The van der Waals surface area contributed by atoms with Gasteiger partial charge in [-0.05, 0) is 186 Å². The lowest BCUT2D eigenvalue weighted by molar-refractivity contribution is 0.380. The van der Waals surface area contributed by atoms with Crippen molar-refractivity contribution >= 4 is 40.2 Å². The zero-order valence-corrected chi connectivity index (χ0v) is 52.5. The molecule has 0 spiro atoms. The Labute approximate surface area is 540 Å². The summed E-state index contributed by atoms with van der Waals surface area (Å²) in [7, 11) is 0. The Kier molecular flexibility index (Phi) is 15.7. The van der Waals surface area contributed by atoms with Gasteiger partial charge in [-0.15, -0.1) is 0 Å². The van der Waals surface area contributed by atoms with Gasteiger partial charge >= 0.3 is 0 Å². The lowest BCUT2D eigenvalue weighted by Crippen LogP contribution is -2.30. The first-order valence-electron chi connectivity index (χ1n) is 30.7. The molecule has 466 valence electrons. The molecule has 2 aliphatic carbocycles. The van der Waals surface area contributed by atoms with Crippen molar-refractivity contribution in [3.05, 3.63) is 361 Å². The first-order chi connectivity index (χ1) is 45.2. The standard InChI is InChI=1S/C83H61F9N2/c1-10-46(3)22-25-51(8)82(67-42-47(4)20-23-49(67)6)65-18-14-12-16-61(65)63-40-38-59(44-69(63)82)93(80-52(9)71(84)72(85)74(87)77(80)90)57-34-28-54(29-35-57)55-30-36-58(37-31-55)94(81-78(91)75(88)73(86)76(89)79(81)92)60-39-41-64-62-17-13-15-19-66(62)83(70(64)45-60,56-32-26-53(11-2)27-33-56)68-43-48(5)21-24-50(68)7/h10-45H,1-2H2,3-9H3/b46-22+,51-25+. The van der Waals surface area contributed by atoms with E-state index in [2.05, 4.69) is 50.4 Å². The predicted octanol–water partition coefficient (Wildman–Crippen LogP) is 23.5. The van der Waals surface area contributed by atoms with E-state index in [1.165, 1.54) is 24.0 Å². The molecule has 0 radical (unpaired) electrons. The summed E-state index contributed by atoms with van der Waals surface area (Å²) < 4.78 is 144. The number of halogens is 9. The van der Waals surface area contributed by atoms with Crippen molar-refractivity contribution in [2.45, 2.75) is 59.3 Å². The number of aryl methyl sites for hydroxylation is 4. The highest BCUT2D eigenvalue weighted by molar-refractivity contribution is 5.93. The van der Waals surface area contributed by atoms with Gasteiger partial charge in [-0.2, -0.15) is 0 Å². The third-order valence-electron chi connectivity index (χ3n) is 18.9. The largest absolute Gasteiger partial charge is 0.307 e. The smallest absolute Gasteiger partial charge is 0.200 e. The maximum Gasteiger partial charge on any atom is 0.200 e. The van der Waals surface area contributed by atoms with Crippen LogP contribution in [0.3, 0.4) is 0 Å². The van der Waals surface area contributed by atoms with Crippen LogP contribution in [0.5, 0.6) is 0 Å². The number of rotatable bonds is 14. The van der Waals surface area contributed by atoms with Crippen molar-refractivity contribution in [3.8, 4) is 33.4 Å². The summed E-state index contributed by atoms with van der Waals surface area (Å²) >= 11 is 0. The summed E-state index contributed by atoms with van der Waals surface area (Å²) in [5.41, 5.74) is 13.6. The number of anilines is 6. The van der Waals surface area contributed by atoms with Crippen LogP contribution in [0.25, 0.3) is 39.5 Å². The molecule has 2 unspecified atom stereocenters. The number of fused-ring (bicyclic) bond motifs is 6. The third-order valence-corrected chi connectivity index (χ3v) is 18.9. The second-order valence-corrected chi connectivity index (χ2v) is 24.4. The van der Waals surface area contributed by atoms with E-state index in [1.807, 2.05) is 138 Å². The summed E-state index contributed by atoms with van der Waals surface area (Å²) in [5, 5.41) is 0. The van der Waals surface area contributed by atoms with Crippen LogP contribution >= 0.6 is 0 Å². The summed E-state index contributed by atoms with van der Waals surface area (Å²) in [6.07, 6.45) is 7.54. The quantitative estimate of drug-likeness (QED) is 0.0463. The second-order valence-electron chi connectivity index (χ2n) is 24.4. The van der Waals surface area contributed by atoms with E-state index in [4.69, 9.17) is 0 Å². The van der Waals surface area contributed by atoms with Crippen molar-refractivity contribution in [2.75, 3.05) is 9.80 Å². The molecule has 2 atom stereocenters. The fourth-order valence-electron chi connectivity index (χ4n) is 14.3. The molecule has 0 saturated carbocycles. The molecular formula is C83H61F9N2. The number of nitrogens with zero attached hydrogens (tertiary/aromatic N) is 2. The van der Waals surface area contributed by atoms with Crippen molar-refractivity contribution in [1.82, 2.24) is 0 Å². The highest BCUT2D eigenvalue weighted by Crippen LogP contribution is 2.61. The molecule has 2 aliphatic rings. The molecule has 0 aliphatic heterocycles. The summed E-state index contributed by atoms with van der Waals surface area (Å²) in [5.74, 6) is -17.8. The molecule has 0 bridgehead atoms. The first-order valence-corrected chi connectivity index (χ1v) is 30.7. The van der Waals surface area contributed by atoms with E-state index in [0.29, 0.717) is 16.7 Å². The Morgan fingerprint density at radius 1 is 0.372 bits per heavy atom. The van der Waals surface area contributed by atoms with Crippen LogP contribution in [-0.2, 0) is 10.8 Å². The van der Waals surface area contributed by atoms with Gasteiger partial charge in [0.1, 0.15) is 5.69 Å². The van der Waals surface area contributed by atoms with Gasteiger partial charge in [-0.3, -0.25) is 0 Å². The molecule has 0 heterocycles. The van der Waals surface area contributed by atoms with E-state index < -0.39 is 80.1 Å². The second kappa shape index (κ2) is 23.8. The van der Waals surface area contributed by atoms with Gasteiger partial charge in [0.15, 0.2) is 46.5 Å². The van der Waals surface area contributed by atoms with Crippen LogP contribution in [0.1, 0.15) is 86.2 Å². The summed E-state index contributed by atoms with van der Waals surface area (Å²) in [4.78, 5) is 2.39. The molecule has 0 saturated heterocycles. The van der Waals surface area contributed by atoms with Crippen molar-refractivity contribution in [3.63, 3.8) is 0 Å². The normalized spacial score (nSPS) is 15.5. The molecule has 0 amide bonds. The monoisotopic (exact) mass is 1260 g/mol. The zero-order valence-electron chi connectivity index (χ0n) is 52.5. The number of allylic oxidation sites excluding steroid dienone is 5. The molecular weight excluding hydrogens is 1200 g/mol. The van der Waals surface area contributed by atoms with E-state index in [1.54, 1.807) is 72.8 Å². The highest BCUT2D eigenvalue weighted by Gasteiger charge is 2.49. The predicted molar refractivity (Wildman–Crippen MR) is 361 cm³/mol. The van der Waals surface area contributed by atoms with E-state index in [9.17, 15) is 0 Å². The molecule has 0 N–H and O–H groups in total. The number of hydrogen-bond acceptors (Lipinski definition) is 2. The molecule has 13 rings (SSSR count). The van der Waals surface area contributed by atoms with Crippen LogP contribution in [0.15, 0.2) is 237 Å². The van der Waals surface area contributed by atoms with Gasteiger partial charge in [0, 0.05) is 28.3 Å². The fourth-order valence-corrected chi connectivity index (χ4v) is 14.3. The maximum absolute atomic E-state index is 16.9. The van der Waals surface area contributed by atoms with Crippen molar-refractivity contribution in [2.24, 2.45) is 0 Å². The minimum Gasteiger partial charge on any atom is -0.307 e. The lowest BCUT2D eigenvalue weighted by Gasteiger charge is -2.37. The van der Waals surface area contributed by atoms with Crippen LogP contribution in [0, 0.1) is 87.0 Å². The van der Waals surface area contributed by atoms with E-state index >= 15 is 39.5 Å². The van der Waals surface area contributed by atoms with E-state index in [0.717, 1.165) is 99.5 Å². The molecule has 11 aromatic rings. The van der Waals surface area contributed by atoms with Gasteiger partial charge < -0.3 is 9.80 Å². The maximum atomic E-state index is 16.9. The van der Waals surface area contributed by atoms with Crippen molar-refractivity contribution < 1.29 is 39.5 Å². The number of hydrogen-bond donors (Lipinski definition) is 0. The average molecular weight is 1260 g/mol. The average Bonchev–Trinajstić information content (AvgIpc) is 1.53. The van der Waals surface area contributed by atoms with E-state index in [-0.39, 0.29) is 22.7 Å². The molecule has 11 aromatic carbocycles. The lowest BCUT2D eigenvalue weighted by atomic mass is 9.66. The Morgan fingerprint density at radius 3 is 1.36 bits per heavy atom. The Balaban J connectivity index is 0.968. The van der Waals surface area contributed by atoms with Gasteiger partial charge in [0.2, 0.25) is 5.82 Å². The summed E-state index contributed by atoms with van der Waals surface area (Å²) in [6, 6.07) is 59.8. The number of benzene rings is 11. The Bertz CT molecular complexity index is 4970. The van der Waals surface area contributed by atoms with Gasteiger partial charge in [-0.25, -0.2) is 39.5 Å². The molecule has 2 nitrogen and oxygen atoms in total. The highest BCUT2D eigenvalue weighted by atomic mass is 19.2. The topological polar surface area (TPSA) is 6.48 Å². The van der Waals surface area contributed by atoms with Crippen LogP contribution in [-0.4, -0.2) is 0 Å². The Hall–Kier alpha value is -10.7. The van der Waals surface area contributed by atoms with Gasteiger partial charge in [0.25, 0.3) is 0 Å². The minimum atomic E-state index is -2.31.